The number of unbranched alkanes of at least 4 members (excludes halogenated alkanes) is 2. The molecule has 4 N–H and O–H groups in total. The van der Waals surface area contributed by atoms with Crippen molar-refractivity contribution in [2.45, 2.75) is 98.3 Å². The maximum Gasteiger partial charge on any atom is 0.408 e. The number of nitrogens with two attached hydrogens (primary N) is 1. The largest absolute Gasteiger partial charge is 0.466 e. The summed E-state index contributed by atoms with van der Waals surface area (Å²) in [6.45, 7) is 12.9. The third-order valence-electron chi connectivity index (χ3n) is 5.89. The molecular formula is C29H46N4O7. The fraction of sp³-hybridized carbons (Fsp3) is 0.621. The molecule has 2 unspecified atom stereocenters. The first-order valence-electron chi connectivity index (χ1n) is 13.8. The number of rotatable bonds is 15. The number of nitrogens with zero attached hydrogens (tertiary/aromatic N) is 1. The highest BCUT2D eigenvalue weighted by Gasteiger charge is 2.37. The average Bonchev–Trinajstić information content (AvgIpc) is 2.82. The number of carbonyl (C=O) groups is 5. The number of carbonyl (C=O) groups excluding carboxylic acids is 5. The van der Waals surface area contributed by atoms with Crippen LogP contribution in [0.3, 0.4) is 0 Å². The minimum absolute atomic E-state index is 0.0109. The molecule has 0 bridgehead atoms. The summed E-state index contributed by atoms with van der Waals surface area (Å²) in [5.74, 6) is -2.41. The summed E-state index contributed by atoms with van der Waals surface area (Å²) in [5, 5.41) is 5.22. The predicted molar refractivity (Wildman–Crippen MR) is 151 cm³/mol. The third kappa shape index (κ3) is 12.0. The van der Waals surface area contributed by atoms with Crippen LogP contribution in [0.4, 0.5) is 4.79 Å². The average molecular weight is 563 g/mol. The zero-order valence-corrected chi connectivity index (χ0v) is 24.9. The van der Waals surface area contributed by atoms with Crippen LogP contribution in [0, 0.1) is 13.8 Å². The Bertz CT molecular complexity index is 1040. The normalized spacial score (nSPS) is 12.6. The monoisotopic (exact) mass is 562 g/mol. The van der Waals surface area contributed by atoms with E-state index >= 15 is 0 Å². The number of amides is 4. The van der Waals surface area contributed by atoms with Gasteiger partial charge in [0.1, 0.15) is 17.7 Å². The molecule has 0 saturated heterocycles. The molecule has 11 heteroatoms. The fourth-order valence-electron chi connectivity index (χ4n) is 4.15. The quantitative estimate of drug-likeness (QED) is 0.219. The molecule has 0 spiro atoms. The number of aryl methyl sites for hydroxylation is 2. The summed E-state index contributed by atoms with van der Waals surface area (Å²) >= 11 is 0. The molecule has 0 fully saturated rings. The topological polar surface area (TPSA) is 157 Å². The zero-order chi connectivity index (χ0) is 30.5. The van der Waals surface area contributed by atoms with Crippen molar-refractivity contribution >= 4 is 29.8 Å². The summed E-state index contributed by atoms with van der Waals surface area (Å²) in [6, 6.07) is 3.08. The number of ether oxygens (including phenoxy) is 2. The SMILES string of the molecule is CCCCCN(C(=O)C(CC(N)=O)NC(=O)OC(C)(C)C)C(C(=O)NCCC(=O)OCC)c1ccc(C)cc1C. The van der Waals surface area contributed by atoms with Crippen molar-refractivity contribution in [2.75, 3.05) is 19.7 Å². The van der Waals surface area contributed by atoms with Crippen LogP contribution >= 0.6 is 0 Å². The van der Waals surface area contributed by atoms with Gasteiger partial charge in [-0.2, -0.15) is 0 Å². The van der Waals surface area contributed by atoms with Gasteiger partial charge < -0.3 is 30.7 Å². The highest BCUT2D eigenvalue weighted by Crippen LogP contribution is 2.27. The van der Waals surface area contributed by atoms with Crippen LogP contribution < -0.4 is 16.4 Å². The maximum absolute atomic E-state index is 14.0. The van der Waals surface area contributed by atoms with Gasteiger partial charge in [0, 0.05) is 13.1 Å². The lowest BCUT2D eigenvalue weighted by Crippen LogP contribution is -2.54. The minimum atomic E-state index is -1.35. The Morgan fingerprint density at radius 1 is 1.05 bits per heavy atom. The van der Waals surface area contributed by atoms with Gasteiger partial charge >= 0.3 is 12.1 Å². The molecule has 1 aromatic rings. The van der Waals surface area contributed by atoms with Crippen LogP contribution in [0.25, 0.3) is 0 Å². The van der Waals surface area contributed by atoms with Gasteiger partial charge in [-0.1, -0.05) is 43.5 Å². The van der Waals surface area contributed by atoms with Gasteiger partial charge in [0.05, 0.1) is 19.4 Å². The molecule has 2 atom stereocenters. The summed E-state index contributed by atoms with van der Waals surface area (Å²) in [5.41, 5.74) is 6.94. The van der Waals surface area contributed by atoms with E-state index in [1.165, 1.54) is 4.90 Å². The predicted octanol–water partition coefficient (Wildman–Crippen LogP) is 3.20. The molecule has 1 aromatic carbocycles. The van der Waals surface area contributed by atoms with Crippen molar-refractivity contribution in [3.05, 3.63) is 34.9 Å². The Hall–Kier alpha value is -3.63. The second-order valence-electron chi connectivity index (χ2n) is 10.7. The Kier molecular flexibility index (Phi) is 14.2. The lowest BCUT2D eigenvalue weighted by Gasteiger charge is -2.35. The van der Waals surface area contributed by atoms with Gasteiger partial charge in [-0.3, -0.25) is 19.2 Å². The minimum Gasteiger partial charge on any atom is -0.466 e. The maximum atomic E-state index is 14.0. The number of benzene rings is 1. The van der Waals surface area contributed by atoms with Crippen molar-refractivity contribution in [2.24, 2.45) is 5.73 Å². The molecule has 0 aliphatic rings. The van der Waals surface area contributed by atoms with E-state index in [9.17, 15) is 24.0 Å². The molecule has 4 amide bonds. The standard InChI is InChI=1S/C29H46N4O7/c1-8-10-11-16-33(27(37)22(18-23(30)34)32-28(38)40-29(5,6)7)25(21-13-12-19(3)17-20(21)4)26(36)31-15-14-24(35)39-9-2/h12-13,17,22,25H,8-11,14-16,18H2,1-7H3,(H2,30,34)(H,31,36)(H,32,38). The van der Waals surface area contributed by atoms with Gasteiger partial charge in [0.2, 0.25) is 17.7 Å². The van der Waals surface area contributed by atoms with Crippen molar-refractivity contribution in [3.63, 3.8) is 0 Å². The Morgan fingerprint density at radius 2 is 1.73 bits per heavy atom. The summed E-state index contributed by atoms with van der Waals surface area (Å²) in [6.07, 6.45) is 0.828. The van der Waals surface area contributed by atoms with Gasteiger partial charge in [0.15, 0.2) is 0 Å². The molecule has 0 saturated carbocycles. The van der Waals surface area contributed by atoms with Crippen LogP contribution in [0.1, 0.15) is 89.5 Å². The van der Waals surface area contributed by atoms with Gasteiger partial charge in [-0.05, 0) is 59.1 Å². The number of nitrogens with one attached hydrogen (secondary N) is 2. The molecule has 40 heavy (non-hydrogen) atoms. The van der Waals surface area contributed by atoms with Crippen molar-refractivity contribution in [3.8, 4) is 0 Å². The van der Waals surface area contributed by atoms with Crippen LogP contribution in [0.2, 0.25) is 0 Å². The van der Waals surface area contributed by atoms with Crippen LogP contribution in [-0.4, -0.2) is 66.0 Å². The smallest absolute Gasteiger partial charge is 0.408 e. The van der Waals surface area contributed by atoms with E-state index in [2.05, 4.69) is 10.6 Å². The number of hydrogen-bond donors (Lipinski definition) is 3. The highest BCUT2D eigenvalue weighted by atomic mass is 16.6. The van der Waals surface area contributed by atoms with Gasteiger partial charge in [-0.25, -0.2) is 4.79 Å². The van der Waals surface area contributed by atoms with E-state index in [-0.39, 0.29) is 26.1 Å². The van der Waals surface area contributed by atoms with Crippen molar-refractivity contribution in [1.29, 1.82) is 0 Å². The summed E-state index contributed by atoms with van der Waals surface area (Å²) < 4.78 is 10.2. The van der Waals surface area contributed by atoms with Gasteiger partial charge in [-0.15, -0.1) is 0 Å². The molecule has 0 heterocycles. The number of hydrogen-bond acceptors (Lipinski definition) is 7. The molecule has 0 aliphatic heterocycles. The first kappa shape index (κ1) is 34.4. The second-order valence-corrected chi connectivity index (χ2v) is 10.7. The zero-order valence-electron chi connectivity index (χ0n) is 24.9. The van der Waals surface area contributed by atoms with Crippen LogP contribution in [0.5, 0.6) is 0 Å². The third-order valence-corrected chi connectivity index (χ3v) is 5.89. The lowest BCUT2D eigenvalue weighted by molar-refractivity contribution is -0.144. The highest BCUT2D eigenvalue weighted by molar-refractivity contribution is 5.94. The first-order chi connectivity index (χ1) is 18.7. The second kappa shape index (κ2) is 16.5. The molecule has 224 valence electrons. The Balaban J connectivity index is 3.51. The van der Waals surface area contributed by atoms with Crippen LogP contribution in [0.15, 0.2) is 18.2 Å². The molecule has 1 rings (SSSR count). The van der Waals surface area contributed by atoms with Crippen LogP contribution in [-0.2, 0) is 28.7 Å². The van der Waals surface area contributed by atoms with Gasteiger partial charge in [0.25, 0.3) is 0 Å². The first-order valence-corrected chi connectivity index (χ1v) is 13.8. The van der Waals surface area contributed by atoms with E-state index in [1.807, 2.05) is 32.9 Å². The van der Waals surface area contributed by atoms with E-state index in [0.29, 0.717) is 12.0 Å². The lowest BCUT2D eigenvalue weighted by atomic mass is 9.96. The summed E-state index contributed by atoms with van der Waals surface area (Å²) in [4.78, 5) is 65.4. The molecule has 11 nitrogen and oxygen atoms in total. The summed E-state index contributed by atoms with van der Waals surface area (Å²) in [7, 11) is 0. The van der Waals surface area contributed by atoms with E-state index < -0.39 is 53.9 Å². The molecule has 0 aromatic heterocycles. The number of alkyl carbamates (subject to hydrolysis) is 1. The Morgan fingerprint density at radius 3 is 2.27 bits per heavy atom. The molecular weight excluding hydrogens is 516 g/mol. The molecule has 0 aliphatic carbocycles. The van der Waals surface area contributed by atoms with Crippen molar-refractivity contribution in [1.82, 2.24) is 15.5 Å². The number of primary amides is 1. The van der Waals surface area contributed by atoms with Crippen molar-refractivity contribution < 1.29 is 33.4 Å². The van der Waals surface area contributed by atoms with E-state index in [4.69, 9.17) is 15.2 Å². The van der Waals surface area contributed by atoms with E-state index in [1.54, 1.807) is 33.8 Å². The van der Waals surface area contributed by atoms with E-state index in [0.717, 1.165) is 24.0 Å². The number of esters is 1. The Labute approximate surface area is 237 Å². The fourth-order valence-corrected chi connectivity index (χ4v) is 4.15. The molecule has 0 radical (unpaired) electrons.